The van der Waals surface area contributed by atoms with Gasteiger partial charge in [0, 0.05) is 32.7 Å². The topological polar surface area (TPSA) is 56.1 Å². The lowest BCUT2D eigenvalue weighted by atomic mass is 10.2. The molecule has 0 radical (unpaired) electrons. The van der Waals surface area contributed by atoms with Crippen molar-refractivity contribution in [3.8, 4) is 0 Å². The monoisotopic (exact) mass is 363 g/mol. The molecule has 3 aromatic rings. The molecule has 1 aromatic heterocycles. The number of methoxy groups -OCH3 is 1. The Hall–Kier alpha value is -2.92. The van der Waals surface area contributed by atoms with E-state index in [2.05, 4.69) is 16.0 Å². The molecule has 5 nitrogen and oxygen atoms in total. The fourth-order valence-electron chi connectivity index (χ4n) is 3.00. The fourth-order valence-corrected chi connectivity index (χ4v) is 3.00. The molecule has 0 atom stereocenters. The van der Waals surface area contributed by atoms with E-state index < -0.39 is 0 Å². The van der Waals surface area contributed by atoms with Crippen molar-refractivity contribution in [2.45, 2.75) is 19.4 Å². The number of hydrogen-bond acceptors (Lipinski definition) is 3. The third-order valence-corrected chi connectivity index (χ3v) is 4.36. The number of carbonyl (C=O) groups is 1. The molecule has 0 saturated heterocycles. The Kier molecular flexibility index (Phi) is 6.77. The van der Waals surface area contributed by atoms with Gasteiger partial charge in [0.05, 0.1) is 17.6 Å². The van der Waals surface area contributed by atoms with Crippen molar-refractivity contribution in [1.29, 1.82) is 0 Å². The Labute approximate surface area is 159 Å². The molecular weight excluding hydrogens is 338 g/mol. The predicted octanol–water partition coefficient (Wildman–Crippen LogP) is 3.44. The fraction of sp³-hybridized carbons (Fsp3) is 0.273. The molecule has 2 aromatic carbocycles. The van der Waals surface area contributed by atoms with E-state index in [0.29, 0.717) is 13.2 Å². The minimum Gasteiger partial charge on any atom is -0.383 e. The van der Waals surface area contributed by atoms with Gasteiger partial charge in [0.1, 0.15) is 5.82 Å². The molecule has 3 rings (SSSR count). The highest BCUT2D eigenvalue weighted by Gasteiger charge is 2.10. The van der Waals surface area contributed by atoms with Crippen LogP contribution in [0.3, 0.4) is 0 Å². The summed E-state index contributed by atoms with van der Waals surface area (Å²) in [5, 5.41) is 2.93. The van der Waals surface area contributed by atoms with Crippen LogP contribution in [0.1, 0.15) is 17.8 Å². The summed E-state index contributed by atoms with van der Waals surface area (Å²) in [6.07, 6.45) is 5.03. The lowest BCUT2D eigenvalue weighted by Gasteiger charge is -2.09. The minimum absolute atomic E-state index is 0.0771. The summed E-state index contributed by atoms with van der Waals surface area (Å²) in [4.78, 5) is 16.7. The van der Waals surface area contributed by atoms with Crippen LogP contribution in [0.15, 0.2) is 60.7 Å². The summed E-state index contributed by atoms with van der Waals surface area (Å²) < 4.78 is 7.43. The van der Waals surface area contributed by atoms with Gasteiger partial charge in [-0.3, -0.25) is 4.79 Å². The molecule has 0 unspecified atom stereocenters. The zero-order chi connectivity index (χ0) is 18.9. The maximum Gasteiger partial charge on any atom is 0.243 e. The first-order valence-electron chi connectivity index (χ1n) is 9.22. The molecule has 0 aliphatic carbocycles. The summed E-state index contributed by atoms with van der Waals surface area (Å²) in [6, 6.07) is 17.9. The number of amides is 1. The smallest absolute Gasteiger partial charge is 0.243 e. The number of carbonyl (C=O) groups excluding carboxylic acids is 1. The lowest BCUT2D eigenvalue weighted by Crippen LogP contribution is -2.22. The number of benzene rings is 2. The minimum atomic E-state index is -0.0771. The van der Waals surface area contributed by atoms with E-state index in [4.69, 9.17) is 9.72 Å². The number of rotatable bonds is 9. The van der Waals surface area contributed by atoms with Gasteiger partial charge < -0.3 is 14.6 Å². The maximum absolute atomic E-state index is 11.9. The van der Waals surface area contributed by atoms with Crippen molar-refractivity contribution in [2.24, 2.45) is 0 Å². The number of imidazole rings is 1. The van der Waals surface area contributed by atoms with Crippen LogP contribution in [0.5, 0.6) is 0 Å². The van der Waals surface area contributed by atoms with Crippen molar-refractivity contribution in [3.05, 3.63) is 72.1 Å². The number of fused-ring (bicyclic) bond motifs is 1. The Morgan fingerprint density at radius 3 is 2.74 bits per heavy atom. The highest BCUT2D eigenvalue weighted by Crippen LogP contribution is 2.17. The van der Waals surface area contributed by atoms with Gasteiger partial charge in [-0.05, 0) is 30.2 Å². The van der Waals surface area contributed by atoms with Crippen molar-refractivity contribution in [3.63, 3.8) is 0 Å². The van der Waals surface area contributed by atoms with Crippen LogP contribution in [-0.4, -0.2) is 35.7 Å². The van der Waals surface area contributed by atoms with Gasteiger partial charge >= 0.3 is 0 Å². The van der Waals surface area contributed by atoms with Gasteiger partial charge in [-0.1, -0.05) is 42.5 Å². The van der Waals surface area contributed by atoms with Crippen molar-refractivity contribution >= 4 is 23.0 Å². The molecule has 0 bridgehead atoms. The SMILES string of the molecule is COCCn1c(CCCNC(=O)/C=C\c2ccccc2)nc2ccccc21. The molecule has 27 heavy (non-hydrogen) atoms. The Morgan fingerprint density at radius 1 is 1.15 bits per heavy atom. The van der Waals surface area contributed by atoms with Gasteiger partial charge in [-0.15, -0.1) is 0 Å². The second kappa shape index (κ2) is 9.69. The average molecular weight is 363 g/mol. The Morgan fingerprint density at radius 2 is 1.93 bits per heavy atom. The first kappa shape index (κ1) is 18.9. The average Bonchev–Trinajstić information content (AvgIpc) is 3.06. The van der Waals surface area contributed by atoms with Crippen LogP contribution in [-0.2, 0) is 22.5 Å². The van der Waals surface area contributed by atoms with Gasteiger partial charge in [-0.25, -0.2) is 4.98 Å². The summed E-state index contributed by atoms with van der Waals surface area (Å²) in [7, 11) is 1.71. The quantitative estimate of drug-likeness (QED) is 0.468. The molecule has 0 spiro atoms. The summed E-state index contributed by atoms with van der Waals surface area (Å²) >= 11 is 0. The molecule has 140 valence electrons. The zero-order valence-electron chi connectivity index (χ0n) is 15.6. The second-order valence-corrected chi connectivity index (χ2v) is 6.30. The van der Waals surface area contributed by atoms with Crippen LogP contribution < -0.4 is 5.32 Å². The highest BCUT2D eigenvalue weighted by molar-refractivity contribution is 5.91. The Bertz CT molecular complexity index is 900. The molecule has 1 amide bonds. The van der Waals surface area contributed by atoms with Gasteiger partial charge in [0.25, 0.3) is 0 Å². The van der Waals surface area contributed by atoms with Crippen LogP contribution in [0.25, 0.3) is 17.1 Å². The van der Waals surface area contributed by atoms with Crippen molar-refractivity contribution in [2.75, 3.05) is 20.3 Å². The molecule has 0 aliphatic heterocycles. The van der Waals surface area contributed by atoms with E-state index >= 15 is 0 Å². The van der Waals surface area contributed by atoms with E-state index in [9.17, 15) is 4.79 Å². The Balaban J connectivity index is 1.53. The van der Waals surface area contributed by atoms with E-state index in [1.165, 1.54) is 0 Å². The normalized spacial score (nSPS) is 11.3. The first-order valence-corrected chi connectivity index (χ1v) is 9.22. The highest BCUT2D eigenvalue weighted by atomic mass is 16.5. The number of aromatic nitrogens is 2. The molecule has 0 saturated carbocycles. The van der Waals surface area contributed by atoms with Gasteiger partial charge in [-0.2, -0.15) is 0 Å². The van der Waals surface area contributed by atoms with E-state index in [1.54, 1.807) is 13.2 Å². The summed E-state index contributed by atoms with van der Waals surface area (Å²) in [5.41, 5.74) is 3.14. The predicted molar refractivity (Wildman–Crippen MR) is 108 cm³/mol. The lowest BCUT2D eigenvalue weighted by molar-refractivity contribution is -0.116. The number of ether oxygens (including phenoxy) is 1. The zero-order valence-corrected chi connectivity index (χ0v) is 15.6. The second-order valence-electron chi connectivity index (χ2n) is 6.30. The third kappa shape index (κ3) is 5.28. The van der Waals surface area contributed by atoms with Crippen molar-refractivity contribution in [1.82, 2.24) is 14.9 Å². The van der Waals surface area contributed by atoms with E-state index in [1.807, 2.05) is 54.6 Å². The molecule has 1 N–H and O–H groups in total. The first-order chi connectivity index (χ1) is 13.3. The molecule has 0 fully saturated rings. The van der Waals surface area contributed by atoms with Crippen LogP contribution in [0.4, 0.5) is 0 Å². The standard InChI is InChI=1S/C22H25N3O2/c1-27-17-16-25-20-11-6-5-10-19(20)24-21(25)12-7-15-23-22(26)14-13-18-8-3-2-4-9-18/h2-6,8-11,13-14H,7,12,15-17H2,1H3,(H,23,26)/b14-13-. The molecule has 5 heteroatoms. The van der Waals surface area contributed by atoms with E-state index in [0.717, 1.165) is 41.8 Å². The number of para-hydroxylation sites is 2. The van der Waals surface area contributed by atoms with Crippen LogP contribution >= 0.6 is 0 Å². The van der Waals surface area contributed by atoms with Crippen molar-refractivity contribution < 1.29 is 9.53 Å². The molecule has 1 heterocycles. The number of nitrogens with one attached hydrogen (secondary N) is 1. The number of aryl methyl sites for hydroxylation is 1. The molecular formula is C22H25N3O2. The molecule has 0 aliphatic rings. The number of nitrogens with zero attached hydrogens (tertiary/aromatic N) is 2. The van der Waals surface area contributed by atoms with Crippen LogP contribution in [0, 0.1) is 0 Å². The van der Waals surface area contributed by atoms with Crippen LogP contribution in [0.2, 0.25) is 0 Å². The third-order valence-electron chi connectivity index (χ3n) is 4.36. The summed E-state index contributed by atoms with van der Waals surface area (Å²) in [5.74, 6) is 0.953. The van der Waals surface area contributed by atoms with Gasteiger partial charge in [0.2, 0.25) is 5.91 Å². The maximum atomic E-state index is 11.9. The summed E-state index contributed by atoms with van der Waals surface area (Å²) in [6.45, 7) is 2.04. The number of hydrogen-bond donors (Lipinski definition) is 1. The van der Waals surface area contributed by atoms with E-state index in [-0.39, 0.29) is 5.91 Å². The van der Waals surface area contributed by atoms with Gasteiger partial charge in [0.15, 0.2) is 0 Å². The largest absolute Gasteiger partial charge is 0.383 e.